The van der Waals surface area contributed by atoms with Crippen LogP contribution >= 0.6 is 0 Å². The summed E-state index contributed by atoms with van der Waals surface area (Å²) in [5.41, 5.74) is 2.50. The van der Waals surface area contributed by atoms with Crippen molar-refractivity contribution < 1.29 is 13.2 Å². The van der Waals surface area contributed by atoms with Crippen LogP contribution in [0.15, 0.2) is 24.3 Å². The SMILES string of the molecule is CN(CCCNC(=O)NC1CCCc2ccccc21)S(C)(=O)=O. The molecule has 0 spiro atoms. The molecule has 6 nitrogen and oxygen atoms in total. The molecule has 128 valence electrons. The summed E-state index contributed by atoms with van der Waals surface area (Å²) in [6.45, 7) is 0.839. The standard InChI is InChI=1S/C16H25N3O3S/c1-19(23(2,21)22)12-6-11-17-16(20)18-15-10-5-8-13-7-3-4-9-14(13)15/h3-4,7,9,15H,5-6,8,10-12H2,1-2H3,(H2,17,18,20). The van der Waals surface area contributed by atoms with Gasteiger partial charge in [0.15, 0.2) is 0 Å². The number of carbonyl (C=O) groups is 1. The lowest BCUT2D eigenvalue weighted by molar-refractivity contribution is 0.235. The number of urea groups is 1. The molecule has 7 heteroatoms. The molecule has 2 rings (SSSR count). The van der Waals surface area contributed by atoms with Gasteiger partial charge in [-0.1, -0.05) is 24.3 Å². The molecule has 2 amide bonds. The molecule has 1 aromatic carbocycles. The Labute approximate surface area is 138 Å². The lowest BCUT2D eigenvalue weighted by atomic mass is 9.88. The van der Waals surface area contributed by atoms with E-state index in [9.17, 15) is 13.2 Å². The first-order valence-electron chi connectivity index (χ1n) is 7.91. The summed E-state index contributed by atoms with van der Waals surface area (Å²) < 4.78 is 23.8. The van der Waals surface area contributed by atoms with E-state index in [1.807, 2.05) is 12.1 Å². The number of aryl methyl sites for hydroxylation is 1. The average molecular weight is 339 g/mol. The Morgan fingerprint density at radius 1 is 1.35 bits per heavy atom. The fourth-order valence-corrected chi connectivity index (χ4v) is 3.24. The molecular formula is C16H25N3O3S. The van der Waals surface area contributed by atoms with Crippen LogP contribution in [0, 0.1) is 0 Å². The van der Waals surface area contributed by atoms with Gasteiger partial charge in [0, 0.05) is 20.1 Å². The van der Waals surface area contributed by atoms with Crippen LogP contribution in [0.1, 0.15) is 36.4 Å². The van der Waals surface area contributed by atoms with Crippen molar-refractivity contribution in [1.29, 1.82) is 0 Å². The molecular weight excluding hydrogens is 314 g/mol. The maximum atomic E-state index is 12.0. The Hall–Kier alpha value is -1.60. The van der Waals surface area contributed by atoms with Crippen molar-refractivity contribution in [1.82, 2.24) is 14.9 Å². The van der Waals surface area contributed by atoms with Gasteiger partial charge in [0.2, 0.25) is 10.0 Å². The average Bonchev–Trinajstić information content (AvgIpc) is 2.51. The Kier molecular flexibility index (Phi) is 6.01. The van der Waals surface area contributed by atoms with Gasteiger partial charge in [-0.05, 0) is 36.8 Å². The zero-order valence-electron chi connectivity index (χ0n) is 13.7. The maximum absolute atomic E-state index is 12.0. The summed E-state index contributed by atoms with van der Waals surface area (Å²) in [7, 11) is -1.62. The van der Waals surface area contributed by atoms with Gasteiger partial charge in [-0.25, -0.2) is 17.5 Å². The number of fused-ring (bicyclic) bond motifs is 1. The zero-order valence-corrected chi connectivity index (χ0v) is 14.5. The predicted molar refractivity (Wildman–Crippen MR) is 90.7 cm³/mol. The monoisotopic (exact) mass is 339 g/mol. The third kappa shape index (κ3) is 5.21. The highest BCUT2D eigenvalue weighted by molar-refractivity contribution is 7.88. The minimum absolute atomic E-state index is 0.0543. The zero-order chi connectivity index (χ0) is 16.9. The van der Waals surface area contributed by atoms with Crippen molar-refractivity contribution in [3.63, 3.8) is 0 Å². The molecule has 1 unspecified atom stereocenters. The van der Waals surface area contributed by atoms with Crippen molar-refractivity contribution in [2.45, 2.75) is 31.7 Å². The summed E-state index contributed by atoms with van der Waals surface area (Å²) in [6, 6.07) is 8.06. The number of nitrogens with one attached hydrogen (secondary N) is 2. The fraction of sp³-hybridized carbons (Fsp3) is 0.562. The fourth-order valence-electron chi connectivity index (χ4n) is 2.78. The molecule has 0 saturated heterocycles. The van der Waals surface area contributed by atoms with Crippen LogP contribution in [0.3, 0.4) is 0 Å². The molecule has 1 aromatic rings. The van der Waals surface area contributed by atoms with Gasteiger partial charge in [-0.2, -0.15) is 0 Å². The molecule has 1 aliphatic carbocycles. The number of carbonyl (C=O) groups excluding carboxylic acids is 1. The molecule has 0 fully saturated rings. The van der Waals surface area contributed by atoms with Gasteiger partial charge < -0.3 is 10.6 Å². The predicted octanol–water partition coefficient (Wildman–Crippen LogP) is 1.64. The van der Waals surface area contributed by atoms with Gasteiger partial charge in [-0.3, -0.25) is 0 Å². The molecule has 1 aliphatic rings. The largest absolute Gasteiger partial charge is 0.338 e. The molecule has 0 saturated carbocycles. The smallest absolute Gasteiger partial charge is 0.315 e. The lowest BCUT2D eigenvalue weighted by Crippen LogP contribution is -2.40. The minimum atomic E-state index is -3.15. The second kappa shape index (κ2) is 7.79. The molecule has 23 heavy (non-hydrogen) atoms. The number of hydrogen-bond donors (Lipinski definition) is 2. The topological polar surface area (TPSA) is 78.5 Å². The maximum Gasteiger partial charge on any atom is 0.315 e. The lowest BCUT2D eigenvalue weighted by Gasteiger charge is -2.26. The van der Waals surface area contributed by atoms with Crippen LogP contribution in [0.25, 0.3) is 0 Å². The number of amides is 2. The summed E-state index contributed by atoms with van der Waals surface area (Å²) in [6.07, 6.45) is 4.84. The summed E-state index contributed by atoms with van der Waals surface area (Å²) in [5, 5.41) is 5.81. The molecule has 0 aromatic heterocycles. The van der Waals surface area contributed by atoms with Crippen molar-refractivity contribution >= 4 is 16.1 Å². The van der Waals surface area contributed by atoms with E-state index in [-0.39, 0.29) is 12.1 Å². The molecule has 1 atom stereocenters. The van der Waals surface area contributed by atoms with E-state index in [4.69, 9.17) is 0 Å². The van der Waals surface area contributed by atoms with Crippen LogP contribution in [0.2, 0.25) is 0 Å². The third-order valence-electron chi connectivity index (χ3n) is 4.18. The van der Waals surface area contributed by atoms with E-state index in [2.05, 4.69) is 22.8 Å². The quantitative estimate of drug-likeness (QED) is 0.774. The van der Waals surface area contributed by atoms with Gasteiger partial charge in [0.25, 0.3) is 0 Å². The van der Waals surface area contributed by atoms with Gasteiger partial charge in [-0.15, -0.1) is 0 Å². The first kappa shape index (κ1) is 17.7. The van der Waals surface area contributed by atoms with Gasteiger partial charge in [0.1, 0.15) is 0 Å². The van der Waals surface area contributed by atoms with E-state index in [1.165, 1.54) is 28.7 Å². The second-order valence-electron chi connectivity index (χ2n) is 5.98. The Morgan fingerprint density at radius 2 is 2.09 bits per heavy atom. The minimum Gasteiger partial charge on any atom is -0.338 e. The summed E-state index contributed by atoms with van der Waals surface area (Å²) in [4.78, 5) is 12.0. The molecule has 0 bridgehead atoms. The first-order chi connectivity index (χ1) is 10.9. The highest BCUT2D eigenvalue weighted by atomic mass is 32.2. The summed E-state index contributed by atoms with van der Waals surface area (Å²) in [5.74, 6) is 0. The number of nitrogens with zero attached hydrogens (tertiary/aromatic N) is 1. The van der Waals surface area contributed by atoms with Crippen molar-refractivity contribution in [3.05, 3.63) is 35.4 Å². The Balaban J connectivity index is 1.76. The molecule has 0 radical (unpaired) electrons. The van der Waals surface area contributed by atoms with Crippen molar-refractivity contribution in [3.8, 4) is 0 Å². The molecule has 0 heterocycles. The van der Waals surface area contributed by atoms with Crippen LogP contribution in [0.5, 0.6) is 0 Å². The molecule has 0 aliphatic heterocycles. The van der Waals surface area contributed by atoms with Crippen LogP contribution < -0.4 is 10.6 Å². The molecule has 2 N–H and O–H groups in total. The van der Waals surface area contributed by atoms with Crippen LogP contribution in [0.4, 0.5) is 4.79 Å². The second-order valence-corrected chi connectivity index (χ2v) is 8.07. The third-order valence-corrected chi connectivity index (χ3v) is 5.49. The normalized spacial score (nSPS) is 17.6. The van der Waals surface area contributed by atoms with Crippen LogP contribution in [-0.2, 0) is 16.4 Å². The highest BCUT2D eigenvalue weighted by Gasteiger charge is 2.21. The van der Waals surface area contributed by atoms with E-state index in [0.717, 1.165) is 19.3 Å². The number of sulfonamides is 1. The summed E-state index contributed by atoms with van der Waals surface area (Å²) >= 11 is 0. The number of benzene rings is 1. The number of hydrogen-bond acceptors (Lipinski definition) is 3. The van der Waals surface area contributed by atoms with Gasteiger partial charge in [0.05, 0.1) is 12.3 Å². The highest BCUT2D eigenvalue weighted by Crippen LogP contribution is 2.29. The number of rotatable bonds is 6. The van der Waals surface area contributed by atoms with E-state index in [1.54, 1.807) is 0 Å². The van der Waals surface area contributed by atoms with Gasteiger partial charge >= 0.3 is 6.03 Å². The van der Waals surface area contributed by atoms with E-state index >= 15 is 0 Å². The van der Waals surface area contributed by atoms with E-state index in [0.29, 0.717) is 19.5 Å². The first-order valence-corrected chi connectivity index (χ1v) is 9.76. The Bertz CT molecular complexity index is 646. The van der Waals surface area contributed by atoms with Crippen LogP contribution in [-0.4, -0.2) is 45.1 Å². The van der Waals surface area contributed by atoms with E-state index < -0.39 is 10.0 Å². The van der Waals surface area contributed by atoms with Crippen molar-refractivity contribution in [2.24, 2.45) is 0 Å². The Morgan fingerprint density at radius 3 is 2.83 bits per heavy atom. The van der Waals surface area contributed by atoms with Crippen molar-refractivity contribution in [2.75, 3.05) is 26.4 Å².